The molecular formula is C19H21N2O5S-. The molecule has 0 N–H and O–H groups in total. The van der Waals surface area contributed by atoms with E-state index in [0.717, 1.165) is 5.56 Å². The monoisotopic (exact) mass is 389 g/mol. The summed E-state index contributed by atoms with van der Waals surface area (Å²) in [5.41, 5.74) is 1.93. The number of esters is 1. The molecule has 2 aromatic rings. The van der Waals surface area contributed by atoms with Gasteiger partial charge < -0.3 is 14.0 Å². The molecule has 0 spiro atoms. The quantitative estimate of drug-likeness (QED) is 0.556. The fraction of sp³-hybridized carbons (Fsp3) is 0.368. The average molecular weight is 389 g/mol. The maximum absolute atomic E-state index is 11.9. The van der Waals surface area contributed by atoms with Crippen LogP contribution in [-0.2, 0) is 27.3 Å². The van der Waals surface area contributed by atoms with Crippen molar-refractivity contribution in [2.24, 2.45) is 0 Å². The van der Waals surface area contributed by atoms with Crippen molar-refractivity contribution in [1.29, 1.82) is 0 Å². The zero-order chi connectivity index (χ0) is 19.2. The molecule has 8 heteroatoms. The molecule has 144 valence electrons. The van der Waals surface area contributed by atoms with Crippen molar-refractivity contribution in [3.63, 3.8) is 0 Å². The smallest absolute Gasteiger partial charge is 0.339 e. The highest BCUT2D eigenvalue weighted by Crippen LogP contribution is 2.31. The van der Waals surface area contributed by atoms with E-state index in [4.69, 9.17) is 4.74 Å². The lowest BCUT2D eigenvalue weighted by atomic mass is 9.97. The third-order valence-electron chi connectivity index (χ3n) is 4.59. The van der Waals surface area contributed by atoms with E-state index in [-0.39, 0.29) is 18.7 Å². The minimum Gasteiger partial charge on any atom is -0.760 e. The second kappa shape index (κ2) is 9.18. The Labute approximate surface area is 160 Å². The van der Waals surface area contributed by atoms with Gasteiger partial charge in [-0.15, -0.1) is 0 Å². The van der Waals surface area contributed by atoms with Crippen molar-refractivity contribution in [2.75, 3.05) is 13.7 Å². The predicted molar refractivity (Wildman–Crippen MR) is 98.2 cm³/mol. The van der Waals surface area contributed by atoms with Gasteiger partial charge in [0.1, 0.15) is 0 Å². The number of hydrogen-bond donors (Lipinski definition) is 0. The molecule has 2 heterocycles. The van der Waals surface area contributed by atoms with Gasteiger partial charge in [-0.2, -0.15) is 0 Å². The molecule has 0 radical (unpaired) electrons. The van der Waals surface area contributed by atoms with Crippen LogP contribution in [0.1, 0.15) is 40.6 Å². The Bertz CT molecular complexity index is 784. The molecule has 0 saturated carbocycles. The number of aromatic nitrogens is 1. The zero-order valence-electron chi connectivity index (χ0n) is 14.9. The first-order valence-electron chi connectivity index (χ1n) is 8.64. The fourth-order valence-electron chi connectivity index (χ4n) is 3.16. The third-order valence-corrected chi connectivity index (χ3v) is 5.40. The first kappa shape index (κ1) is 19.6. The Balaban J connectivity index is 1.71. The van der Waals surface area contributed by atoms with Crippen LogP contribution >= 0.6 is 0 Å². The number of ether oxygens (including phenoxy) is 2. The van der Waals surface area contributed by atoms with Crippen LogP contribution in [0.25, 0.3) is 0 Å². The van der Waals surface area contributed by atoms with Gasteiger partial charge in [-0.3, -0.25) is 9.19 Å². The molecule has 1 fully saturated rings. The minimum atomic E-state index is -2.39. The Morgan fingerprint density at radius 1 is 1.33 bits per heavy atom. The van der Waals surface area contributed by atoms with Crippen LogP contribution in [0.2, 0.25) is 0 Å². The van der Waals surface area contributed by atoms with Gasteiger partial charge >= 0.3 is 5.97 Å². The fourth-order valence-corrected chi connectivity index (χ4v) is 3.83. The van der Waals surface area contributed by atoms with Crippen LogP contribution in [0.3, 0.4) is 0 Å². The summed E-state index contributed by atoms with van der Waals surface area (Å²) in [6, 6.07) is 12.8. The van der Waals surface area contributed by atoms with Gasteiger partial charge in [0.25, 0.3) is 0 Å². The molecule has 1 aromatic carbocycles. The number of hydrogen-bond acceptors (Lipinski definition) is 6. The van der Waals surface area contributed by atoms with Gasteiger partial charge in [0.2, 0.25) is 0 Å². The molecule has 7 nitrogen and oxygen atoms in total. The summed E-state index contributed by atoms with van der Waals surface area (Å²) in [4.78, 5) is 15.7. The van der Waals surface area contributed by atoms with Crippen LogP contribution < -0.4 is 0 Å². The minimum absolute atomic E-state index is 0.134. The van der Waals surface area contributed by atoms with E-state index in [0.29, 0.717) is 30.7 Å². The Kier molecular flexibility index (Phi) is 6.68. The standard InChI is InChI=1S/C19H22N2O5S/c1-25-19(22)15-7-8-16(20-12-15)13-21(27(23)24)17-9-10-26-18(11-17)14-5-3-2-4-6-14/h2-8,12,17-18H,9-11,13H2,1H3,(H,23,24)/p-1. The SMILES string of the molecule is COC(=O)c1ccc(CN(C2CCOC(c3ccccc3)C2)S(=O)[O-])nc1. The van der Waals surface area contributed by atoms with Gasteiger partial charge in [-0.1, -0.05) is 30.3 Å². The summed E-state index contributed by atoms with van der Waals surface area (Å²) >= 11 is -2.39. The van der Waals surface area contributed by atoms with Crippen LogP contribution in [0.4, 0.5) is 0 Å². The summed E-state index contributed by atoms with van der Waals surface area (Å²) in [6.07, 6.45) is 2.46. The molecule has 1 aliphatic rings. The molecule has 0 aliphatic carbocycles. The highest BCUT2D eigenvalue weighted by atomic mass is 32.2. The van der Waals surface area contributed by atoms with Gasteiger partial charge in [-0.25, -0.2) is 9.10 Å². The summed E-state index contributed by atoms with van der Waals surface area (Å²) in [6.45, 7) is 0.635. The maximum atomic E-state index is 11.9. The van der Waals surface area contributed by atoms with Crippen LogP contribution in [0.5, 0.6) is 0 Å². The molecule has 1 saturated heterocycles. The van der Waals surface area contributed by atoms with E-state index >= 15 is 0 Å². The molecule has 3 atom stereocenters. The zero-order valence-corrected chi connectivity index (χ0v) is 15.8. The number of carbonyl (C=O) groups is 1. The topological polar surface area (TPSA) is 91.8 Å². The van der Waals surface area contributed by atoms with Crippen molar-refractivity contribution in [3.8, 4) is 0 Å². The van der Waals surface area contributed by atoms with Crippen molar-refractivity contribution >= 4 is 17.2 Å². The predicted octanol–water partition coefficient (Wildman–Crippen LogP) is 2.38. The first-order chi connectivity index (χ1) is 13.1. The molecular weight excluding hydrogens is 368 g/mol. The number of nitrogens with zero attached hydrogens (tertiary/aromatic N) is 2. The van der Waals surface area contributed by atoms with Crippen LogP contribution in [-0.4, -0.2) is 43.8 Å². The van der Waals surface area contributed by atoms with Gasteiger partial charge in [0, 0.05) is 30.1 Å². The molecule has 27 heavy (non-hydrogen) atoms. The summed E-state index contributed by atoms with van der Waals surface area (Å²) < 4.78 is 35.6. The first-order valence-corrected chi connectivity index (χ1v) is 9.67. The largest absolute Gasteiger partial charge is 0.760 e. The molecule has 1 aliphatic heterocycles. The van der Waals surface area contributed by atoms with Crippen molar-refractivity contribution in [3.05, 3.63) is 65.5 Å². The van der Waals surface area contributed by atoms with Gasteiger partial charge in [0.15, 0.2) is 0 Å². The Hall–Kier alpha value is -2.13. The lowest BCUT2D eigenvalue weighted by Gasteiger charge is -2.38. The van der Waals surface area contributed by atoms with E-state index in [1.54, 1.807) is 12.1 Å². The van der Waals surface area contributed by atoms with Crippen LogP contribution in [0.15, 0.2) is 48.7 Å². The van der Waals surface area contributed by atoms with Crippen LogP contribution in [0, 0.1) is 0 Å². The van der Waals surface area contributed by atoms with Gasteiger partial charge in [-0.05, 0) is 30.5 Å². The normalized spacial score (nSPS) is 21.0. The van der Waals surface area contributed by atoms with E-state index in [1.807, 2.05) is 30.3 Å². The molecule has 3 rings (SSSR count). The number of rotatable bonds is 6. The summed E-state index contributed by atoms with van der Waals surface area (Å²) in [7, 11) is 1.30. The van der Waals surface area contributed by atoms with Crippen molar-refractivity contribution in [2.45, 2.75) is 31.5 Å². The second-order valence-corrected chi connectivity index (χ2v) is 7.17. The number of carbonyl (C=O) groups excluding carboxylic acids is 1. The second-order valence-electron chi connectivity index (χ2n) is 6.27. The van der Waals surface area contributed by atoms with Crippen molar-refractivity contribution in [1.82, 2.24) is 9.29 Å². The third kappa shape index (κ3) is 4.98. The highest BCUT2D eigenvalue weighted by molar-refractivity contribution is 7.76. The number of pyridine rings is 1. The van der Waals surface area contributed by atoms with E-state index in [9.17, 15) is 13.6 Å². The van der Waals surface area contributed by atoms with Gasteiger partial charge in [0.05, 0.1) is 31.0 Å². The lowest BCUT2D eigenvalue weighted by Crippen LogP contribution is -2.41. The highest BCUT2D eigenvalue weighted by Gasteiger charge is 2.29. The Morgan fingerprint density at radius 3 is 2.74 bits per heavy atom. The number of benzene rings is 1. The average Bonchev–Trinajstić information content (AvgIpc) is 2.72. The summed E-state index contributed by atoms with van der Waals surface area (Å²) in [5.74, 6) is -0.478. The van der Waals surface area contributed by atoms with Crippen molar-refractivity contribution < 1.29 is 23.0 Å². The molecule has 0 amide bonds. The van der Waals surface area contributed by atoms with E-state index in [1.165, 1.54) is 17.6 Å². The van der Waals surface area contributed by atoms with E-state index < -0.39 is 17.2 Å². The summed E-state index contributed by atoms with van der Waals surface area (Å²) in [5, 5.41) is 0. The molecule has 3 unspecified atom stereocenters. The molecule has 1 aromatic heterocycles. The maximum Gasteiger partial charge on any atom is 0.339 e. The molecule has 0 bridgehead atoms. The number of methoxy groups -OCH3 is 1. The van der Waals surface area contributed by atoms with E-state index in [2.05, 4.69) is 9.72 Å². The Morgan fingerprint density at radius 2 is 2.11 bits per heavy atom. The lowest BCUT2D eigenvalue weighted by molar-refractivity contribution is -0.0147.